The molecule has 0 bridgehead atoms. The Balaban J connectivity index is 2.43. The van der Waals surface area contributed by atoms with E-state index in [1.54, 1.807) is 0 Å². The molecule has 0 aromatic carbocycles. The topological polar surface area (TPSA) is 111 Å². The molecule has 0 aromatic rings. The summed E-state index contributed by atoms with van der Waals surface area (Å²) in [6, 6.07) is 0. The van der Waals surface area contributed by atoms with Crippen LogP contribution < -0.4 is 0 Å². The minimum absolute atomic E-state index is 0.0555. The maximum atomic E-state index is 10.7. The van der Waals surface area contributed by atoms with Gasteiger partial charge in [-0.1, -0.05) is 5.11 Å². The molecule has 0 N–H and O–H groups in total. The Morgan fingerprint density at radius 3 is 2.67 bits per heavy atom. The maximum absolute atomic E-state index is 10.7. The number of nitrogens with zero attached hydrogens (tertiary/aromatic N) is 3. The molecule has 1 rings (SSSR count). The third-order valence-corrected chi connectivity index (χ3v) is 2.76. The SMILES string of the molecule is CC(=O)OCC1CC(OOC(C)=O)C1CN=[N+]=[N-]. The zero-order chi connectivity index (χ0) is 13.5. The fourth-order valence-corrected chi connectivity index (χ4v) is 1.81. The zero-order valence-electron chi connectivity index (χ0n) is 10.2. The van der Waals surface area contributed by atoms with Crippen LogP contribution in [0.1, 0.15) is 20.3 Å². The van der Waals surface area contributed by atoms with Gasteiger partial charge in [0.2, 0.25) is 0 Å². The van der Waals surface area contributed by atoms with E-state index >= 15 is 0 Å². The summed E-state index contributed by atoms with van der Waals surface area (Å²) in [6.45, 7) is 3.03. The van der Waals surface area contributed by atoms with Crippen LogP contribution >= 0.6 is 0 Å². The highest BCUT2D eigenvalue weighted by Crippen LogP contribution is 2.37. The van der Waals surface area contributed by atoms with Crippen LogP contribution in [-0.4, -0.2) is 31.2 Å². The summed E-state index contributed by atoms with van der Waals surface area (Å²) in [4.78, 5) is 33.3. The van der Waals surface area contributed by atoms with E-state index in [1.807, 2.05) is 0 Å². The molecule has 1 fully saturated rings. The molecule has 0 saturated heterocycles. The molecular formula is C10H15N3O5. The standard InChI is InChI=1S/C10H15N3O5/c1-6(14)16-5-8-3-10(18-17-7(2)15)9(8)4-12-13-11/h8-10H,3-5H2,1-2H3. The highest BCUT2D eigenvalue weighted by molar-refractivity contribution is 5.66. The largest absolute Gasteiger partial charge is 0.466 e. The molecule has 0 radical (unpaired) electrons. The van der Waals surface area contributed by atoms with Crippen LogP contribution in [0, 0.1) is 11.8 Å². The first-order valence-corrected chi connectivity index (χ1v) is 5.52. The lowest BCUT2D eigenvalue weighted by Crippen LogP contribution is -2.47. The monoisotopic (exact) mass is 257 g/mol. The Labute approximate surface area is 104 Å². The van der Waals surface area contributed by atoms with Gasteiger partial charge < -0.3 is 4.74 Å². The third-order valence-electron chi connectivity index (χ3n) is 2.76. The van der Waals surface area contributed by atoms with Gasteiger partial charge >= 0.3 is 11.9 Å². The van der Waals surface area contributed by atoms with Crippen LogP contribution in [-0.2, 0) is 24.1 Å². The van der Waals surface area contributed by atoms with E-state index in [9.17, 15) is 9.59 Å². The number of azide groups is 1. The van der Waals surface area contributed by atoms with Crippen LogP contribution in [0.3, 0.4) is 0 Å². The lowest BCUT2D eigenvalue weighted by Gasteiger charge is -2.41. The first kappa shape index (κ1) is 14.3. The van der Waals surface area contributed by atoms with Gasteiger partial charge in [-0.2, -0.15) is 4.89 Å². The van der Waals surface area contributed by atoms with Crippen LogP contribution in [0.25, 0.3) is 10.4 Å². The van der Waals surface area contributed by atoms with Gasteiger partial charge in [0.15, 0.2) is 0 Å². The van der Waals surface area contributed by atoms with E-state index in [2.05, 4.69) is 14.9 Å². The Hall–Kier alpha value is -1.79. The van der Waals surface area contributed by atoms with Crippen molar-refractivity contribution in [3.8, 4) is 0 Å². The molecule has 3 atom stereocenters. The van der Waals surface area contributed by atoms with Crippen molar-refractivity contribution >= 4 is 11.9 Å². The molecular weight excluding hydrogens is 242 g/mol. The van der Waals surface area contributed by atoms with Gasteiger partial charge in [0, 0.05) is 37.1 Å². The minimum atomic E-state index is -0.541. The normalized spacial score (nSPS) is 25.6. The predicted molar refractivity (Wildman–Crippen MR) is 58.9 cm³/mol. The average Bonchev–Trinajstić information content (AvgIpc) is 2.26. The summed E-state index contributed by atoms with van der Waals surface area (Å²) in [5.41, 5.74) is 8.29. The highest BCUT2D eigenvalue weighted by Gasteiger charge is 2.43. The van der Waals surface area contributed by atoms with Gasteiger partial charge in [-0.25, -0.2) is 4.79 Å². The molecule has 0 spiro atoms. The quantitative estimate of drug-likeness (QED) is 0.178. The fourth-order valence-electron chi connectivity index (χ4n) is 1.81. The molecule has 18 heavy (non-hydrogen) atoms. The van der Waals surface area contributed by atoms with Crippen LogP contribution in [0.5, 0.6) is 0 Å². The molecule has 3 unspecified atom stereocenters. The molecule has 1 aliphatic rings. The number of hydrogen-bond donors (Lipinski definition) is 0. The first-order chi connectivity index (χ1) is 8.54. The summed E-state index contributed by atoms with van der Waals surface area (Å²) < 4.78 is 4.89. The second-order valence-electron chi connectivity index (χ2n) is 4.09. The number of hydrogen-bond acceptors (Lipinski definition) is 6. The molecule has 0 aliphatic heterocycles. The van der Waals surface area contributed by atoms with Gasteiger partial charge in [-0.15, -0.1) is 0 Å². The van der Waals surface area contributed by atoms with Crippen molar-refractivity contribution in [3.05, 3.63) is 10.4 Å². The van der Waals surface area contributed by atoms with Crippen molar-refractivity contribution in [3.63, 3.8) is 0 Å². The molecule has 1 aliphatic carbocycles. The summed E-state index contributed by atoms with van der Waals surface area (Å²) in [5, 5.41) is 3.47. The average molecular weight is 257 g/mol. The van der Waals surface area contributed by atoms with Crippen molar-refractivity contribution < 1.29 is 24.1 Å². The Morgan fingerprint density at radius 2 is 2.11 bits per heavy atom. The second-order valence-corrected chi connectivity index (χ2v) is 4.09. The van der Waals surface area contributed by atoms with Gasteiger partial charge in [0.25, 0.3) is 0 Å². The van der Waals surface area contributed by atoms with Gasteiger partial charge in [0.1, 0.15) is 6.10 Å². The van der Waals surface area contributed by atoms with E-state index in [0.29, 0.717) is 6.42 Å². The third kappa shape index (κ3) is 4.23. The number of carbonyl (C=O) groups excluding carboxylic acids is 2. The number of rotatable bonds is 6. The molecule has 100 valence electrons. The Kier molecular flexibility index (Phi) is 5.41. The summed E-state index contributed by atoms with van der Waals surface area (Å²) >= 11 is 0. The maximum Gasteiger partial charge on any atom is 0.339 e. The lowest BCUT2D eigenvalue weighted by atomic mass is 9.71. The molecule has 0 amide bonds. The molecule has 0 aromatic heterocycles. The number of ether oxygens (including phenoxy) is 1. The van der Waals surface area contributed by atoms with Crippen molar-refractivity contribution in [2.45, 2.75) is 26.4 Å². The summed E-state index contributed by atoms with van der Waals surface area (Å²) in [6.07, 6.45) is 0.270. The van der Waals surface area contributed by atoms with E-state index < -0.39 is 5.97 Å². The first-order valence-electron chi connectivity index (χ1n) is 5.52. The summed E-state index contributed by atoms with van der Waals surface area (Å²) in [5.74, 6) is -0.956. The number of carbonyl (C=O) groups is 2. The van der Waals surface area contributed by atoms with Crippen molar-refractivity contribution in [1.29, 1.82) is 0 Å². The smallest absolute Gasteiger partial charge is 0.339 e. The molecule has 8 heteroatoms. The van der Waals surface area contributed by atoms with Crippen molar-refractivity contribution in [2.24, 2.45) is 17.0 Å². The van der Waals surface area contributed by atoms with E-state index in [1.165, 1.54) is 13.8 Å². The zero-order valence-corrected chi connectivity index (χ0v) is 10.2. The molecule has 1 saturated carbocycles. The predicted octanol–water partition coefficient (Wildman–Crippen LogP) is 1.36. The Bertz CT molecular complexity index is 343. The lowest BCUT2D eigenvalue weighted by molar-refractivity contribution is -0.328. The van der Waals surface area contributed by atoms with E-state index in [4.69, 9.17) is 15.2 Å². The van der Waals surface area contributed by atoms with Crippen LogP contribution in [0.15, 0.2) is 5.11 Å². The second kappa shape index (κ2) is 6.83. The Morgan fingerprint density at radius 1 is 1.39 bits per heavy atom. The van der Waals surface area contributed by atoms with Crippen molar-refractivity contribution in [1.82, 2.24) is 0 Å². The van der Waals surface area contributed by atoms with E-state index in [0.717, 1.165) is 0 Å². The minimum Gasteiger partial charge on any atom is -0.466 e. The van der Waals surface area contributed by atoms with E-state index in [-0.39, 0.29) is 37.1 Å². The number of esters is 1. The fraction of sp³-hybridized carbons (Fsp3) is 0.800. The van der Waals surface area contributed by atoms with Crippen LogP contribution in [0.2, 0.25) is 0 Å². The highest BCUT2D eigenvalue weighted by atomic mass is 17.2. The van der Waals surface area contributed by atoms with Gasteiger partial charge in [-0.3, -0.25) is 9.68 Å². The van der Waals surface area contributed by atoms with Crippen molar-refractivity contribution in [2.75, 3.05) is 13.2 Å². The van der Waals surface area contributed by atoms with Crippen LogP contribution in [0.4, 0.5) is 0 Å². The molecule has 8 nitrogen and oxygen atoms in total. The summed E-state index contributed by atoms with van der Waals surface area (Å²) in [7, 11) is 0. The van der Waals surface area contributed by atoms with Gasteiger partial charge in [-0.05, 0) is 12.0 Å². The molecule has 0 heterocycles. The van der Waals surface area contributed by atoms with Gasteiger partial charge in [0.05, 0.1) is 6.61 Å².